The Hall–Kier alpha value is -2.10. The van der Waals surface area contributed by atoms with Crippen molar-refractivity contribution in [1.29, 1.82) is 0 Å². The fourth-order valence-corrected chi connectivity index (χ4v) is 2.27. The topological polar surface area (TPSA) is 91.6 Å². The summed E-state index contributed by atoms with van der Waals surface area (Å²) in [6, 6.07) is 10.1. The summed E-state index contributed by atoms with van der Waals surface area (Å²) in [5, 5.41) is 9.08. The molecule has 1 amide bonds. The van der Waals surface area contributed by atoms with Crippen molar-refractivity contribution in [3.63, 3.8) is 0 Å². The van der Waals surface area contributed by atoms with E-state index in [2.05, 4.69) is 25.9 Å². The lowest BCUT2D eigenvalue weighted by molar-refractivity contribution is -0.120. The van der Waals surface area contributed by atoms with Crippen molar-refractivity contribution in [3.05, 3.63) is 42.3 Å². The van der Waals surface area contributed by atoms with Crippen LogP contribution in [0.15, 0.2) is 46.0 Å². The van der Waals surface area contributed by atoms with E-state index >= 15 is 0 Å². The molecule has 140 valence electrons. The molecule has 0 aliphatic heterocycles. The van der Waals surface area contributed by atoms with Crippen LogP contribution in [0.1, 0.15) is 25.5 Å². The van der Waals surface area contributed by atoms with E-state index in [4.69, 9.17) is 4.42 Å². The van der Waals surface area contributed by atoms with Crippen LogP contribution >= 0.6 is 24.0 Å². The van der Waals surface area contributed by atoms with Gasteiger partial charge in [-0.2, -0.15) is 0 Å². The zero-order chi connectivity index (χ0) is 17.5. The van der Waals surface area contributed by atoms with Crippen molar-refractivity contribution in [3.8, 4) is 11.5 Å². The van der Waals surface area contributed by atoms with E-state index in [-0.39, 0.29) is 36.4 Å². The highest BCUT2D eigenvalue weighted by molar-refractivity contribution is 14.0. The van der Waals surface area contributed by atoms with Gasteiger partial charge >= 0.3 is 0 Å². The molecule has 0 unspecified atom stereocenters. The Morgan fingerprint density at radius 2 is 2.04 bits per heavy atom. The van der Waals surface area contributed by atoms with Crippen LogP contribution in [0.5, 0.6) is 0 Å². The van der Waals surface area contributed by atoms with Crippen molar-refractivity contribution < 1.29 is 9.21 Å². The monoisotopic (exact) mass is 469 g/mol. The molecule has 1 heterocycles. The van der Waals surface area contributed by atoms with Crippen LogP contribution in [0.25, 0.3) is 11.5 Å². The molecule has 3 rings (SSSR count). The summed E-state index contributed by atoms with van der Waals surface area (Å²) >= 11 is 0. The van der Waals surface area contributed by atoms with Crippen LogP contribution in [0.4, 0.5) is 0 Å². The molecule has 0 saturated heterocycles. The van der Waals surface area contributed by atoms with Crippen molar-refractivity contribution >= 4 is 35.8 Å². The molecule has 1 fully saturated rings. The van der Waals surface area contributed by atoms with Crippen molar-refractivity contribution in [2.45, 2.75) is 32.4 Å². The molecule has 1 saturated carbocycles. The number of aromatic nitrogens is 1. The van der Waals surface area contributed by atoms with Gasteiger partial charge in [0.25, 0.3) is 0 Å². The van der Waals surface area contributed by atoms with E-state index in [1.54, 1.807) is 6.26 Å². The molecule has 0 radical (unpaired) electrons. The van der Waals surface area contributed by atoms with E-state index in [0.29, 0.717) is 31.0 Å². The SMILES string of the molecule is CCNC(=NCc1coc(-c2ccccc2)n1)NCC(=O)NC1CC1.I. The number of carbonyl (C=O) groups excluding carboxylic acids is 1. The summed E-state index contributed by atoms with van der Waals surface area (Å²) in [5.74, 6) is 1.14. The maximum absolute atomic E-state index is 11.8. The van der Waals surface area contributed by atoms with Gasteiger partial charge in [0, 0.05) is 18.2 Å². The Labute approximate surface area is 170 Å². The number of rotatable bonds is 7. The largest absolute Gasteiger partial charge is 0.444 e. The second kappa shape index (κ2) is 10.1. The van der Waals surface area contributed by atoms with Crippen LogP contribution in [0, 0.1) is 0 Å². The Bertz CT molecular complexity index is 728. The quantitative estimate of drug-likeness (QED) is 0.329. The molecule has 0 atom stereocenters. The van der Waals surface area contributed by atoms with E-state index in [1.165, 1.54) is 0 Å². The van der Waals surface area contributed by atoms with Crippen molar-refractivity contribution in [2.75, 3.05) is 13.1 Å². The molecule has 1 aromatic heterocycles. The highest BCUT2D eigenvalue weighted by Gasteiger charge is 2.22. The number of amides is 1. The minimum Gasteiger partial charge on any atom is -0.444 e. The standard InChI is InChI=1S/C18H23N5O2.HI/c1-2-19-18(21-11-16(24)22-14-8-9-14)20-10-15-12-25-17(23-15)13-6-4-3-5-7-13;/h3-7,12,14H,2,8-11H2,1H3,(H,22,24)(H2,19,20,21);1H. The van der Waals surface area contributed by atoms with Gasteiger partial charge in [0.15, 0.2) is 5.96 Å². The van der Waals surface area contributed by atoms with Crippen molar-refractivity contribution in [2.24, 2.45) is 4.99 Å². The van der Waals surface area contributed by atoms with Crippen molar-refractivity contribution in [1.82, 2.24) is 20.9 Å². The maximum atomic E-state index is 11.8. The second-order valence-corrected chi connectivity index (χ2v) is 5.90. The minimum absolute atomic E-state index is 0. The van der Waals surface area contributed by atoms with Gasteiger partial charge in [0.1, 0.15) is 12.0 Å². The molecule has 1 aliphatic rings. The van der Waals surface area contributed by atoms with Crippen LogP contribution in [-0.4, -0.2) is 36.0 Å². The summed E-state index contributed by atoms with van der Waals surface area (Å²) in [4.78, 5) is 20.6. The summed E-state index contributed by atoms with van der Waals surface area (Å²) in [6.07, 6.45) is 3.76. The lowest BCUT2D eigenvalue weighted by Crippen LogP contribution is -2.43. The number of nitrogens with zero attached hydrogens (tertiary/aromatic N) is 2. The van der Waals surface area contributed by atoms with E-state index in [0.717, 1.165) is 24.1 Å². The Morgan fingerprint density at radius 1 is 1.27 bits per heavy atom. The van der Waals surface area contributed by atoms with Gasteiger partial charge in [-0.25, -0.2) is 9.98 Å². The number of hydrogen-bond acceptors (Lipinski definition) is 4. The molecule has 1 aromatic carbocycles. The highest BCUT2D eigenvalue weighted by Crippen LogP contribution is 2.18. The number of carbonyl (C=O) groups is 1. The Balaban J connectivity index is 0.00000243. The third kappa shape index (κ3) is 6.32. The fourth-order valence-electron chi connectivity index (χ4n) is 2.27. The van der Waals surface area contributed by atoms with Gasteiger partial charge in [0.05, 0.1) is 13.1 Å². The normalized spacial score (nSPS) is 13.7. The summed E-state index contributed by atoms with van der Waals surface area (Å²) in [6.45, 7) is 3.27. The Morgan fingerprint density at radius 3 is 2.73 bits per heavy atom. The molecule has 8 heteroatoms. The number of benzene rings is 1. The number of hydrogen-bond donors (Lipinski definition) is 3. The maximum Gasteiger partial charge on any atom is 0.239 e. The van der Waals surface area contributed by atoms with Gasteiger partial charge in [-0.3, -0.25) is 4.79 Å². The minimum atomic E-state index is -0.0131. The number of oxazole rings is 1. The van der Waals surface area contributed by atoms with Crippen LogP contribution < -0.4 is 16.0 Å². The first kappa shape index (κ1) is 20.2. The average molecular weight is 469 g/mol. The van der Waals surface area contributed by atoms with Gasteiger partial charge in [-0.1, -0.05) is 18.2 Å². The second-order valence-electron chi connectivity index (χ2n) is 5.90. The van der Waals surface area contributed by atoms with Gasteiger partial charge in [-0.05, 0) is 31.9 Å². The van der Waals surface area contributed by atoms with E-state index < -0.39 is 0 Å². The van der Waals surface area contributed by atoms with Crippen LogP contribution in [0.2, 0.25) is 0 Å². The molecule has 1 aliphatic carbocycles. The smallest absolute Gasteiger partial charge is 0.239 e. The number of halogens is 1. The van der Waals surface area contributed by atoms with E-state index in [9.17, 15) is 4.79 Å². The molecule has 26 heavy (non-hydrogen) atoms. The average Bonchev–Trinajstić information content (AvgIpc) is 3.31. The fraction of sp³-hybridized carbons (Fsp3) is 0.389. The van der Waals surface area contributed by atoms with Crippen LogP contribution in [0.3, 0.4) is 0 Å². The van der Waals surface area contributed by atoms with E-state index in [1.807, 2.05) is 37.3 Å². The first-order valence-corrected chi connectivity index (χ1v) is 8.56. The number of aliphatic imine (C=N–C) groups is 1. The first-order valence-electron chi connectivity index (χ1n) is 8.56. The molecular weight excluding hydrogens is 445 g/mol. The lowest BCUT2D eigenvalue weighted by Gasteiger charge is -2.10. The van der Waals surface area contributed by atoms with Gasteiger partial charge in [-0.15, -0.1) is 24.0 Å². The third-order valence-corrected chi connectivity index (χ3v) is 3.67. The molecule has 2 aromatic rings. The molecule has 3 N–H and O–H groups in total. The summed E-state index contributed by atoms with van der Waals surface area (Å²) in [5.41, 5.74) is 1.66. The highest BCUT2D eigenvalue weighted by atomic mass is 127. The lowest BCUT2D eigenvalue weighted by atomic mass is 10.2. The summed E-state index contributed by atoms with van der Waals surface area (Å²) in [7, 11) is 0. The number of guanidine groups is 1. The Kier molecular flexibility index (Phi) is 7.89. The van der Waals surface area contributed by atoms with Crippen LogP contribution in [-0.2, 0) is 11.3 Å². The molecular formula is C18H24IN5O2. The molecule has 7 nitrogen and oxygen atoms in total. The predicted octanol–water partition coefficient (Wildman–Crippen LogP) is 2.29. The zero-order valence-corrected chi connectivity index (χ0v) is 17.0. The molecule has 0 spiro atoms. The third-order valence-electron chi connectivity index (χ3n) is 3.67. The predicted molar refractivity (Wildman–Crippen MR) is 111 cm³/mol. The summed E-state index contributed by atoms with van der Waals surface area (Å²) < 4.78 is 5.51. The van der Waals surface area contributed by atoms with Gasteiger partial charge < -0.3 is 20.4 Å². The van der Waals surface area contributed by atoms with Gasteiger partial charge in [0.2, 0.25) is 11.8 Å². The number of nitrogens with one attached hydrogen (secondary N) is 3. The first-order chi connectivity index (χ1) is 12.2. The zero-order valence-electron chi connectivity index (χ0n) is 14.7. The molecule has 0 bridgehead atoms.